The first-order chi connectivity index (χ1) is 8.33. The topological polar surface area (TPSA) is 0 Å². The first-order valence-electron chi connectivity index (χ1n) is 8.33. The molecular weight excluding hydrogens is 204 g/mol. The van der Waals surface area contributed by atoms with Crippen LogP contribution >= 0.6 is 0 Å². The van der Waals surface area contributed by atoms with Gasteiger partial charge in [-0.05, 0) is 49.4 Å². The second-order valence-corrected chi connectivity index (χ2v) is 6.76. The van der Waals surface area contributed by atoms with E-state index >= 15 is 0 Å². The highest BCUT2D eigenvalue weighted by atomic mass is 14.4. The van der Waals surface area contributed by atoms with Crippen LogP contribution in [0.1, 0.15) is 87.3 Å². The summed E-state index contributed by atoms with van der Waals surface area (Å²) in [6.07, 6.45) is 16.7. The largest absolute Gasteiger partial charge is 0.0654 e. The third-order valence-electron chi connectivity index (χ3n) is 5.72. The molecule has 2 aliphatic rings. The summed E-state index contributed by atoms with van der Waals surface area (Å²) in [5.41, 5.74) is 0. The molecule has 17 heavy (non-hydrogen) atoms. The Morgan fingerprint density at radius 1 is 0.706 bits per heavy atom. The van der Waals surface area contributed by atoms with Crippen molar-refractivity contribution in [1.82, 2.24) is 0 Å². The highest BCUT2D eigenvalue weighted by Crippen LogP contribution is 2.42. The molecule has 0 spiro atoms. The van der Waals surface area contributed by atoms with Gasteiger partial charge >= 0.3 is 0 Å². The maximum atomic E-state index is 2.38. The Labute approximate surface area is 112 Å². The lowest BCUT2D eigenvalue weighted by Gasteiger charge is -2.37. The van der Waals surface area contributed by atoms with Crippen molar-refractivity contribution in [3.8, 4) is 0 Å². The van der Waals surface area contributed by atoms with E-state index in [9.17, 15) is 0 Å². The van der Waals surface area contributed by atoms with Crippen molar-refractivity contribution in [1.29, 1.82) is 0 Å². The summed E-state index contributed by atoms with van der Waals surface area (Å²) in [5, 5.41) is 0. The van der Waals surface area contributed by atoms with E-state index in [4.69, 9.17) is 0 Å². The van der Waals surface area contributed by atoms with Gasteiger partial charge < -0.3 is 0 Å². The van der Waals surface area contributed by atoms with Crippen LogP contribution in [0.3, 0.4) is 0 Å². The molecule has 0 unspecified atom stereocenters. The van der Waals surface area contributed by atoms with Crippen LogP contribution in [0.5, 0.6) is 0 Å². The summed E-state index contributed by atoms with van der Waals surface area (Å²) in [7, 11) is 0. The fraction of sp³-hybridized carbons (Fsp3) is 1.00. The van der Waals surface area contributed by atoms with E-state index in [0.717, 1.165) is 23.7 Å². The number of hydrogen-bond donors (Lipinski definition) is 0. The molecule has 0 aliphatic heterocycles. The molecule has 0 heterocycles. The van der Waals surface area contributed by atoms with Crippen molar-refractivity contribution in [2.24, 2.45) is 23.7 Å². The molecular formula is C17H36. The van der Waals surface area contributed by atoms with Crippen molar-refractivity contribution in [3.05, 3.63) is 0 Å². The number of hydrogen-bond acceptors (Lipinski definition) is 0. The summed E-state index contributed by atoms with van der Waals surface area (Å²) >= 11 is 0. The normalized spacial score (nSPS) is 39.2. The van der Waals surface area contributed by atoms with Crippen LogP contribution in [0.2, 0.25) is 0 Å². The predicted molar refractivity (Wildman–Crippen MR) is 80.3 cm³/mol. The Bertz CT molecular complexity index is 201. The van der Waals surface area contributed by atoms with E-state index in [-0.39, 0.29) is 2.85 Å². The van der Waals surface area contributed by atoms with Gasteiger partial charge in [-0.1, -0.05) is 58.8 Å². The molecule has 0 aromatic rings. The van der Waals surface area contributed by atoms with Crippen molar-refractivity contribution < 1.29 is 2.85 Å². The van der Waals surface area contributed by atoms with Gasteiger partial charge in [0.2, 0.25) is 0 Å². The molecule has 0 aromatic heterocycles. The van der Waals surface area contributed by atoms with Crippen LogP contribution in [-0.4, -0.2) is 0 Å². The van der Waals surface area contributed by atoms with E-state index in [1.54, 1.807) is 38.5 Å². The highest BCUT2D eigenvalue weighted by Gasteiger charge is 2.29. The van der Waals surface area contributed by atoms with Gasteiger partial charge in [-0.3, -0.25) is 0 Å². The standard InChI is InChI=1S/C17H32.2H2/c1-3-5-15-8-12-17(13-9-15)16-10-6-14(4-2)7-11-16;;/h14-17H,3-13H2,1-2H3;2*1H. The average Bonchev–Trinajstić information content (AvgIpc) is 2.40. The quantitative estimate of drug-likeness (QED) is 0.541. The summed E-state index contributed by atoms with van der Waals surface area (Å²) in [6, 6.07) is 0. The van der Waals surface area contributed by atoms with E-state index < -0.39 is 0 Å². The van der Waals surface area contributed by atoms with E-state index in [2.05, 4.69) is 13.8 Å². The van der Waals surface area contributed by atoms with Gasteiger partial charge in [-0.25, -0.2) is 0 Å². The zero-order valence-electron chi connectivity index (χ0n) is 12.1. The molecule has 0 atom stereocenters. The van der Waals surface area contributed by atoms with Gasteiger partial charge in [0.05, 0.1) is 0 Å². The van der Waals surface area contributed by atoms with E-state index in [1.807, 2.05) is 0 Å². The molecule has 0 saturated heterocycles. The maximum absolute atomic E-state index is 2.38. The molecule has 0 bridgehead atoms. The minimum absolute atomic E-state index is 0. The van der Waals surface area contributed by atoms with Gasteiger partial charge in [0.15, 0.2) is 0 Å². The van der Waals surface area contributed by atoms with Gasteiger partial charge in [0, 0.05) is 2.85 Å². The van der Waals surface area contributed by atoms with Crippen molar-refractivity contribution in [2.45, 2.75) is 84.5 Å². The van der Waals surface area contributed by atoms with Crippen molar-refractivity contribution in [3.63, 3.8) is 0 Å². The Morgan fingerprint density at radius 2 is 1.18 bits per heavy atom. The van der Waals surface area contributed by atoms with Crippen LogP contribution < -0.4 is 0 Å². The van der Waals surface area contributed by atoms with Gasteiger partial charge in [-0.15, -0.1) is 0 Å². The van der Waals surface area contributed by atoms with Crippen molar-refractivity contribution >= 4 is 0 Å². The highest BCUT2D eigenvalue weighted by molar-refractivity contribution is 4.81. The Balaban J connectivity index is 0.00000162. The second-order valence-electron chi connectivity index (χ2n) is 6.76. The molecule has 0 heteroatoms. The van der Waals surface area contributed by atoms with Gasteiger partial charge in [0.25, 0.3) is 0 Å². The molecule has 0 radical (unpaired) electrons. The van der Waals surface area contributed by atoms with E-state index in [0.29, 0.717) is 0 Å². The third-order valence-corrected chi connectivity index (χ3v) is 5.72. The van der Waals surface area contributed by atoms with Crippen LogP contribution in [0.4, 0.5) is 0 Å². The summed E-state index contributed by atoms with van der Waals surface area (Å²) in [4.78, 5) is 0. The Kier molecular flexibility index (Phi) is 5.38. The van der Waals surface area contributed by atoms with Gasteiger partial charge in [-0.2, -0.15) is 0 Å². The van der Waals surface area contributed by atoms with Gasteiger partial charge in [0.1, 0.15) is 0 Å². The minimum atomic E-state index is 0. The van der Waals surface area contributed by atoms with Crippen molar-refractivity contribution in [2.75, 3.05) is 0 Å². The monoisotopic (exact) mass is 240 g/mol. The minimum Gasteiger partial charge on any atom is -0.0654 e. The lowest BCUT2D eigenvalue weighted by atomic mass is 9.68. The maximum Gasteiger partial charge on any atom is 0 e. The van der Waals surface area contributed by atoms with Crippen LogP contribution in [-0.2, 0) is 0 Å². The van der Waals surface area contributed by atoms with Crippen LogP contribution in [0, 0.1) is 23.7 Å². The molecule has 0 aromatic carbocycles. The SMILES string of the molecule is CCCC1CCC(C2CCC(CC)CC2)CC1.[HH].[HH]. The Hall–Kier alpha value is 0. The molecule has 2 saturated carbocycles. The summed E-state index contributed by atoms with van der Waals surface area (Å²) in [5.74, 6) is 4.38. The fourth-order valence-corrected chi connectivity index (χ4v) is 4.42. The average molecular weight is 240 g/mol. The molecule has 0 N–H and O–H groups in total. The molecule has 104 valence electrons. The summed E-state index contributed by atoms with van der Waals surface area (Å²) in [6.45, 7) is 4.72. The van der Waals surface area contributed by atoms with Crippen LogP contribution in [0.15, 0.2) is 0 Å². The molecule has 2 fully saturated rings. The lowest BCUT2D eigenvalue weighted by molar-refractivity contribution is 0.142. The van der Waals surface area contributed by atoms with Crippen LogP contribution in [0.25, 0.3) is 0 Å². The molecule has 0 nitrogen and oxygen atoms in total. The zero-order valence-corrected chi connectivity index (χ0v) is 12.1. The molecule has 0 amide bonds. The smallest absolute Gasteiger partial charge is 0 e. The zero-order chi connectivity index (χ0) is 12.1. The predicted octanol–water partition coefficient (Wildman–Crippen LogP) is 6.30. The molecule has 2 aliphatic carbocycles. The number of rotatable bonds is 4. The van der Waals surface area contributed by atoms with E-state index in [1.165, 1.54) is 32.1 Å². The third kappa shape index (κ3) is 3.73. The second kappa shape index (κ2) is 6.81. The first-order valence-corrected chi connectivity index (χ1v) is 8.33. The fourth-order valence-electron chi connectivity index (χ4n) is 4.42. The first kappa shape index (κ1) is 13.4. The summed E-state index contributed by atoms with van der Waals surface area (Å²) < 4.78 is 0. The Morgan fingerprint density at radius 3 is 1.59 bits per heavy atom. The molecule has 2 rings (SSSR count). The lowest BCUT2D eigenvalue weighted by Crippen LogP contribution is -2.25.